The normalized spacial score (nSPS) is 18.8. The van der Waals surface area contributed by atoms with Gasteiger partial charge in [0.1, 0.15) is 0 Å². The average molecular weight is 576 g/mol. The SMILES string of the molecule is CCCCN(C)C(=O)c1cc(NCC)cc(C2(I)NN=C([C@@](C)(Cc3ccccc3)N=N)O2)c1. The van der Waals surface area contributed by atoms with Crippen LogP contribution >= 0.6 is 22.6 Å². The number of carbonyl (C=O) groups excluding carboxylic acids is 1. The van der Waals surface area contributed by atoms with E-state index in [1.54, 1.807) is 4.90 Å². The summed E-state index contributed by atoms with van der Waals surface area (Å²) in [5, 5.41) is 11.6. The van der Waals surface area contributed by atoms with Crippen LogP contribution in [0.5, 0.6) is 0 Å². The summed E-state index contributed by atoms with van der Waals surface area (Å²) in [5.41, 5.74) is 13.2. The number of hydrazone groups is 1. The fraction of sp³-hybridized carbons (Fsp3) is 0.440. The summed E-state index contributed by atoms with van der Waals surface area (Å²) in [6, 6.07) is 15.5. The number of hydrogen-bond donors (Lipinski definition) is 3. The Bertz CT molecular complexity index is 1050. The quantitative estimate of drug-likeness (QED) is 0.142. The molecule has 2 aromatic rings. The molecule has 2 atom stereocenters. The van der Waals surface area contributed by atoms with Crippen molar-refractivity contribution in [1.82, 2.24) is 10.3 Å². The maximum absolute atomic E-state index is 13.1. The summed E-state index contributed by atoms with van der Waals surface area (Å²) in [5.74, 6) is 0.297. The lowest BCUT2D eigenvalue weighted by Crippen LogP contribution is -2.39. The third kappa shape index (κ3) is 5.86. The molecule has 0 saturated heterocycles. The van der Waals surface area contributed by atoms with Gasteiger partial charge in [-0.2, -0.15) is 5.11 Å². The number of halogens is 1. The van der Waals surface area contributed by atoms with E-state index >= 15 is 0 Å². The molecule has 8 nitrogen and oxygen atoms in total. The minimum atomic E-state index is -1.03. The lowest BCUT2D eigenvalue weighted by atomic mass is 9.93. The average Bonchev–Trinajstić information content (AvgIpc) is 3.26. The topological polar surface area (TPSA) is 102 Å². The molecule has 1 aliphatic heterocycles. The number of alkyl halides is 1. The molecule has 1 amide bonds. The molecule has 182 valence electrons. The molecule has 0 spiro atoms. The number of nitrogens with one attached hydrogen (secondary N) is 3. The highest BCUT2D eigenvalue weighted by atomic mass is 127. The van der Waals surface area contributed by atoms with E-state index in [-0.39, 0.29) is 5.91 Å². The van der Waals surface area contributed by atoms with Crippen molar-refractivity contribution in [1.29, 1.82) is 5.53 Å². The van der Waals surface area contributed by atoms with Crippen LogP contribution in [-0.4, -0.2) is 42.4 Å². The molecule has 0 aliphatic carbocycles. The van der Waals surface area contributed by atoms with Crippen molar-refractivity contribution < 1.29 is 9.53 Å². The number of ether oxygens (including phenoxy) is 1. The van der Waals surface area contributed by atoms with Gasteiger partial charge in [0.15, 0.2) is 5.54 Å². The number of hydrogen-bond acceptors (Lipinski definition) is 7. The van der Waals surface area contributed by atoms with Gasteiger partial charge in [0.05, 0.1) is 0 Å². The first-order valence-corrected chi connectivity index (χ1v) is 12.6. The first-order valence-electron chi connectivity index (χ1n) is 11.6. The van der Waals surface area contributed by atoms with Crippen LogP contribution in [0.25, 0.3) is 0 Å². The summed E-state index contributed by atoms with van der Waals surface area (Å²) in [6.07, 6.45) is 2.46. The molecule has 1 aliphatic rings. The van der Waals surface area contributed by atoms with Crippen LogP contribution in [0.15, 0.2) is 58.7 Å². The zero-order valence-corrected chi connectivity index (χ0v) is 22.3. The van der Waals surface area contributed by atoms with E-state index in [9.17, 15) is 4.79 Å². The predicted molar refractivity (Wildman–Crippen MR) is 144 cm³/mol. The summed E-state index contributed by atoms with van der Waals surface area (Å²) < 4.78 is 5.29. The lowest BCUT2D eigenvalue weighted by Gasteiger charge is -2.28. The third-order valence-corrected chi connectivity index (χ3v) is 6.85. The number of amides is 1. The summed E-state index contributed by atoms with van der Waals surface area (Å²) in [7, 11) is 1.83. The van der Waals surface area contributed by atoms with E-state index in [2.05, 4.69) is 50.5 Å². The standard InChI is InChI=1S/C25H33IN6O2/c1-5-7-13-32(4)22(33)19-14-20(16-21(15-19)28-6-2)25(26)31-29-23(34-25)24(3,30-27)17-18-11-9-8-10-12-18/h8-12,14-16,27-28,31H,5-7,13,17H2,1-4H3/t24-,25?/m1/s1. The summed E-state index contributed by atoms with van der Waals surface area (Å²) in [6.45, 7) is 7.38. The highest BCUT2D eigenvalue weighted by Gasteiger charge is 2.45. The molecule has 0 radical (unpaired) electrons. The third-order valence-electron chi connectivity index (χ3n) is 5.76. The van der Waals surface area contributed by atoms with E-state index < -0.39 is 9.27 Å². The second kappa shape index (κ2) is 11.2. The number of rotatable bonds is 11. The second-order valence-corrected chi connectivity index (χ2v) is 10.2. The maximum atomic E-state index is 13.1. The van der Waals surface area contributed by atoms with Crippen molar-refractivity contribution in [2.45, 2.75) is 49.3 Å². The lowest BCUT2D eigenvalue weighted by molar-refractivity contribution is 0.0792. The first kappa shape index (κ1) is 25.9. The highest BCUT2D eigenvalue weighted by Crippen LogP contribution is 2.39. The van der Waals surface area contributed by atoms with Crippen LogP contribution in [0.2, 0.25) is 0 Å². The van der Waals surface area contributed by atoms with E-state index in [4.69, 9.17) is 10.3 Å². The Labute approximate surface area is 215 Å². The van der Waals surface area contributed by atoms with Gasteiger partial charge in [-0.3, -0.25) is 10.2 Å². The monoisotopic (exact) mass is 576 g/mol. The van der Waals surface area contributed by atoms with E-state index in [1.807, 2.05) is 69.4 Å². The molecule has 0 aromatic heterocycles. The Kier molecular flexibility index (Phi) is 8.51. The highest BCUT2D eigenvalue weighted by molar-refractivity contribution is 14.1. The van der Waals surface area contributed by atoms with Crippen LogP contribution in [-0.2, 0) is 14.9 Å². The van der Waals surface area contributed by atoms with Crippen molar-refractivity contribution in [3.05, 3.63) is 65.2 Å². The molecule has 0 saturated carbocycles. The van der Waals surface area contributed by atoms with Crippen molar-refractivity contribution >= 4 is 40.1 Å². The molecule has 3 N–H and O–H groups in total. The Balaban J connectivity index is 1.88. The summed E-state index contributed by atoms with van der Waals surface area (Å²) in [4.78, 5) is 14.9. The van der Waals surface area contributed by atoms with E-state index in [1.165, 1.54) is 0 Å². The van der Waals surface area contributed by atoms with Crippen molar-refractivity contribution in [2.75, 3.05) is 25.5 Å². The van der Waals surface area contributed by atoms with Gasteiger partial charge in [0.25, 0.3) is 9.64 Å². The maximum Gasteiger partial charge on any atom is 0.274 e. The Hall–Kier alpha value is -2.69. The van der Waals surface area contributed by atoms with Gasteiger partial charge >= 0.3 is 0 Å². The van der Waals surface area contributed by atoms with Crippen LogP contribution in [0, 0.1) is 5.53 Å². The minimum absolute atomic E-state index is 0.0383. The fourth-order valence-electron chi connectivity index (χ4n) is 3.77. The van der Waals surface area contributed by atoms with Crippen LogP contribution in [0.1, 0.15) is 55.1 Å². The van der Waals surface area contributed by atoms with Crippen molar-refractivity contribution in [3.63, 3.8) is 0 Å². The van der Waals surface area contributed by atoms with Crippen LogP contribution in [0.3, 0.4) is 0 Å². The molecule has 9 heteroatoms. The van der Waals surface area contributed by atoms with Gasteiger partial charge in [0, 0.05) is 66.0 Å². The number of benzene rings is 2. The van der Waals surface area contributed by atoms with Crippen LogP contribution < -0.4 is 10.7 Å². The van der Waals surface area contributed by atoms with Crippen LogP contribution in [0.4, 0.5) is 5.69 Å². The van der Waals surface area contributed by atoms with Crippen molar-refractivity contribution in [2.24, 2.45) is 10.2 Å². The van der Waals surface area contributed by atoms with Gasteiger partial charge in [-0.1, -0.05) is 43.7 Å². The number of unbranched alkanes of at least 4 members (excludes halogenated alkanes) is 1. The largest absolute Gasteiger partial charge is 0.436 e. The fourth-order valence-corrected chi connectivity index (χ4v) is 4.41. The molecule has 0 bridgehead atoms. The van der Waals surface area contributed by atoms with Gasteiger partial charge in [0.2, 0.25) is 5.90 Å². The summed E-state index contributed by atoms with van der Waals surface area (Å²) >= 11 is 2.16. The Morgan fingerprint density at radius 2 is 2.03 bits per heavy atom. The van der Waals surface area contributed by atoms with Gasteiger partial charge in [-0.15, -0.1) is 5.10 Å². The minimum Gasteiger partial charge on any atom is -0.436 e. The number of nitrogens with zero attached hydrogens (tertiary/aromatic N) is 3. The molecular weight excluding hydrogens is 543 g/mol. The van der Waals surface area contributed by atoms with Gasteiger partial charge in [-0.25, -0.2) is 5.53 Å². The first-order chi connectivity index (χ1) is 16.2. The zero-order valence-electron chi connectivity index (χ0n) is 20.2. The smallest absolute Gasteiger partial charge is 0.274 e. The Morgan fingerprint density at radius 1 is 1.29 bits per heavy atom. The molecule has 1 heterocycles. The molecule has 3 rings (SSSR count). The molecular formula is C25H33IN6O2. The van der Waals surface area contributed by atoms with Crippen molar-refractivity contribution in [3.8, 4) is 0 Å². The zero-order chi connectivity index (χ0) is 24.8. The molecule has 1 unspecified atom stereocenters. The number of anilines is 1. The second-order valence-electron chi connectivity index (χ2n) is 8.68. The molecule has 2 aromatic carbocycles. The van der Waals surface area contributed by atoms with E-state index in [0.29, 0.717) is 24.4 Å². The predicted octanol–water partition coefficient (Wildman–Crippen LogP) is 5.50. The molecule has 34 heavy (non-hydrogen) atoms. The number of carbonyl (C=O) groups is 1. The van der Waals surface area contributed by atoms with E-state index in [0.717, 1.165) is 36.2 Å². The van der Waals surface area contributed by atoms with Gasteiger partial charge in [-0.05, 0) is 44.0 Å². The Morgan fingerprint density at radius 3 is 2.68 bits per heavy atom. The molecule has 0 fully saturated rings. The van der Waals surface area contributed by atoms with Gasteiger partial charge < -0.3 is 15.0 Å².